The molecule has 0 amide bonds. The Morgan fingerprint density at radius 3 is 2.88 bits per heavy atom. The fraction of sp³-hybridized carbons (Fsp3) is 0.667. The molecule has 96 valence electrons. The van der Waals surface area contributed by atoms with Gasteiger partial charge in [0, 0.05) is 30.8 Å². The van der Waals surface area contributed by atoms with Crippen LogP contribution in [0.25, 0.3) is 0 Å². The highest BCUT2D eigenvalue weighted by Crippen LogP contribution is 2.30. The third kappa shape index (κ3) is 3.33. The zero-order chi connectivity index (χ0) is 12.5. The fourth-order valence-electron chi connectivity index (χ4n) is 2.36. The molecule has 1 aliphatic rings. The Balaban J connectivity index is 1.99. The first kappa shape index (κ1) is 12.6. The van der Waals surface area contributed by atoms with Crippen molar-refractivity contribution in [2.75, 3.05) is 12.0 Å². The van der Waals surface area contributed by atoms with Crippen molar-refractivity contribution in [2.45, 2.75) is 38.3 Å². The standard InChI is InChI=1S/C12H19NO3S/c1-17(15,16)7-3-6-13-8-10-4-2-5-12(14)11(10)9-13/h8-9,12,14H,2-7H2,1H3. The molecule has 2 rings (SSSR count). The van der Waals surface area contributed by atoms with Crippen LogP contribution >= 0.6 is 0 Å². The third-order valence-electron chi connectivity index (χ3n) is 3.21. The van der Waals surface area contributed by atoms with Gasteiger partial charge in [0.1, 0.15) is 9.84 Å². The monoisotopic (exact) mass is 257 g/mol. The Bertz CT molecular complexity index is 490. The van der Waals surface area contributed by atoms with Gasteiger partial charge in [-0.3, -0.25) is 0 Å². The smallest absolute Gasteiger partial charge is 0.147 e. The molecule has 1 unspecified atom stereocenters. The average molecular weight is 257 g/mol. The minimum Gasteiger partial charge on any atom is -0.388 e. The molecule has 0 bridgehead atoms. The van der Waals surface area contributed by atoms with Crippen LogP contribution in [-0.4, -0.2) is 30.1 Å². The van der Waals surface area contributed by atoms with Crippen LogP contribution < -0.4 is 0 Å². The Morgan fingerprint density at radius 2 is 2.24 bits per heavy atom. The summed E-state index contributed by atoms with van der Waals surface area (Å²) in [6.07, 6.45) is 8.43. The van der Waals surface area contributed by atoms with E-state index in [1.807, 2.05) is 17.0 Å². The van der Waals surface area contributed by atoms with Crippen LogP contribution in [0.1, 0.15) is 36.5 Å². The van der Waals surface area contributed by atoms with Crippen molar-refractivity contribution < 1.29 is 13.5 Å². The van der Waals surface area contributed by atoms with Crippen LogP contribution in [0.15, 0.2) is 12.4 Å². The summed E-state index contributed by atoms with van der Waals surface area (Å²) in [5, 5.41) is 9.82. The van der Waals surface area contributed by atoms with Gasteiger partial charge in [0.2, 0.25) is 0 Å². The molecule has 0 aliphatic heterocycles. The van der Waals surface area contributed by atoms with Gasteiger partial charge >= 0.3 is 0 Å². The molecule has 1 N–H and O–H groups in total. The lowest BCUT2D eigenvalue weighted by Crippen LogP contribution is -2.06. The Labute approximate surface area is 102 Å². The summed E-state index contributed by atoms with van der Waals surface area (Å²) < 4.78 is 24.0. The summed E-state index contributed by atoms with van der Waals surface area (Å²) in [5.74, 6) is 0.221. The highest BCUT2D eigenvalue weighted by molar-refractivity contribution is 7.90. The molecule has 1 aromatic heterocycles. The van der Waals surface area contributed by atoms with Crippen molar-refractivity contribution in [3.63, 3.8) is 0 Å². The van der Waals surface area contributed by atoms with Crippen LogP contribution in [0.4, 0.5) is 0 Å². The van der Waals surface area contributed by atoms with Gasteiger partial charge < -0.3 is 9.67 Å². The number of fused-ring (bicyclic) bond motifs is 1. The number of aliphatic hydroxyl groups is 1. The molecule has 0 saturated heterocycles. The van der Waals surface area contributed by atoms with Gasteiger partial charge in [-0.15, -0.1) is 0 Å². The number of rotatable bonds is 4. The highest BCUT2D eigenvalue weighted by atomic mass is 32.2. The molecular weight excluding hydrogens is 238 g/mol. The minimum atomic E-state index is -2.87. The van der Waals surface area contributed by atoms with E-state index in [9.17, 15) is 13.5 Å². The Kier molecular flexibility index (Phi) is 3.58. The van der Waals surface area contributed by atoms with E-state index in [-0.39, 0.29) is 11.9 Å². The molecule has 0 aromatic carbocycles. The second-order valence-corrected chi connectivity index (χ2v) is 7.13. The van der Waals surface area contributed by atoms with E-state index in [0.717, 1.165) is 24.8 Å². The molecule has 17 heavy (non-hydrogen) atoms. The number of nitrogens with zero attached hydrogens (tertiary/aromatic N) is 1. The lowest BCUT2D eigenvalue weighted by Gasteiger charge is -2.16. The summed E-state index contributed by atoms with van der Waals surface area (Å²) in [6, 6.07) is 0. The van der Waals surface area contributed by atoms with E-state index >= 15 is 0 Å². The maximum absolute atomic E-state index is 11.0. The molecule has 0 fully saturated rings. The van der Waals surface area contributed by atoms with Gasteiger partial charge in [0.15, 0.2) is 0 Å². The molecule has 1 atom stereocenters. The predicted molar refractivity (Wildman–Crippen MR) is 66.7 cm³/mol. The topological polar surface area (TPSA) is 59.3 Å². The number of sulfone groups is 1. The van der Waals surface area contributed by atoms with Crippen molar-refractivity contribution in [3.8, 4) is 0 Å². The summed E-state index contributed by atoms with van der Waals surface area (Å²) in [5.41, 5.74) is 2.23. The van der Waals surface area contributed by atoms with Crippen molar-refractivity contribution in [2.24, 2.45) is 0 Å². The first-order valence-electron chi connectivity index (χ1n) is 6.00. The maximum Gasteiger partial charge on any atom is 0.147 e. The molecule has 1 aromatic rings. The average Bonchev–Trinajstić information content (AvgIpc) is 2.60. The molecule has 0 spiro atoms. The highest BCUT2D eigenvalue weighted by Gasteiger charge is 2.19. The molecular formula is C12H19NO3S. The molecule has 0 saturated carbocycles. The van der Waals surface area contributed by atoms with Gasteiger partial charge in [-0.05, 0) is 31.2 Å². The van der Waals surface area contributed by atoms with Crippen LogP contribution in [-0.2, 0) is 22.8 Å². The van der Waals surface area contributed by atoms with Crippen molar-refractivity contribution >= 4 is 9.84 Å². The number of aliphatic hydroxyl groups excluding tert-OH is 1. The van der Waals surface area contributed by atoms with Crippen LogP contribution in [0.2, 0.25) is 0 Å². The lowest BCUT2D eigenvalue weighted by molar-refractivity contribution is 0.157. The summed E-state index contributed by atoms with van der Waals surface area (Å²) in [7, 11) is -2.87. The molecule has 4 nitrogen and oxygen atoms in total. The number of aromatic nitrogens is 1. The molecule has 5 heteroatoms. The number of aryl methyl sites for hydroxylation is 2. The summed E-state index contributed by atoms with van der Waals surface area (Å²) in [4.78, 5) is 0. The largest absolute Gasteiger partial charge is 0.388 e. The Morgan fingerprint density at radius 1 is 1.47 bits per heavy atom. The lowest BCUT2D eigenvalue weighted by atomic mass is 9.93. The van der Waals surface area contributed by atoms with Crippen molar-refractivity contribution in [1.82, 2.24) is 4.57 Å². The van der Waals surface area contributed by atoms with E-state index in [4.69, 9.17) is 0 Å². The summed E-state index contributed by atoms with van der Waals surface area (Å²) >= 11 is 0. The first-order chi connectivity index (χ1) is 7.96. The van der Waals surface area contributed by atoms with Crippen molar-refractivity contribution in [1.29, 1.82) is 0 Å². The van der Waals surface area contributed by atoms with Gasteiger partial charge in [-0.1, -0.05) is 0 Å². The Hall–Kier alpha value is -0.810. The van der Waals surface area contributed by atoms with E-state index in [1.165, 1.54) is 11.8 Å². The van der Waals surface area contributed by atoms with Crippen LogP contribution in [0.3, 0.4) is 0 Å². The zero-order valence-corrected chi connectivity index (χ0v) is 10.9. The predicted octanol–water partition coefficient (Wildman–Crippen LogP) is 1.29. The summed E-state index contributed by atoms with van der Waals surface area (Å²) in [6.45, 7) is 0.701. The van der Waals surface area contributed by atoms with E-state index in [2.05, 4.69) is 0 Å². The second-order valence-electron chi connectivity index (χ2n) is 4.87. The van der Waals surface area contributed by atoms with Gasteiger partial charge in [0.25, 0.3) is 0 Å². The third-order valence-corrected chi connectivity index (χ3v) is 4.24. The van der Waals surface area contributed by atoms with Gasteiger partial charge in [-0.2, -0.15) is 0 Å². The van der Waals surface area contributed by atoms with Gasteiger partial charge in [0.05, 0.1) is 11.9 Å². The quantitative estimate of drug-likeness (QED) is 0.884. The van der Waals surface area contributed by atoms with Crippen LogP contribution in [0.5, 0.6) is 0 Å². The molecule has 0 radical (unpaired) electrons. The van der Waals surface area contributed by atoms with E-state index in [1.54, 1.807) is 0 Å². The first-order valence-corrected chi connectivity index (χ1v) is 8.06. The number of hydrogen-bond acceptors (Lipinski definition) is 3. The number of hydrogen-bond donors (Lipinski definition) is 1. The molecule has 1 heterocycles. The molecule has 1 aliphatic carbocycles. The van der Waals surface area contributed by atoms with E-state index in [0.29, 0.717) is 13.0 Å². The van der Waals surface area contributed by atoms with E-state index < -0.39 is 9.84 Å². The SMILES string of the molecule is CS(=O)(=O)CCCn1cc2c(c1)C(O)CCC2. The zero-order valence-electron chi connectivity index (χ0n) is 10.1. The minimum absolute atomic E-state index is 0.221. The van der Waals surface area contributed by atoms with Crippen molar-refractivity contribution in [3.05, 3.63) is 23.5 Å². The fourth-order valence-corrected chi connectivity index (χ4v) is 3.02. The van der Waals surface area contributed by atoms with Gasteiger partial charge in [-0.25, -0.2) is 8.42 Å². The van der Waals surface area contributed by atoms with Crippen LogP contribution in [0, 0.1) is 0 Å². The second kappa shape index (κ2) is 4.82. The maximum atomic E-state index is 11.0. The normalized spacial score (nSPS) is 20.2.